The molecule has 17 heavy (non-hydrogen) atoms. The lowest BCUT2D eigenvalue weighted by Gasteiger charge is -2.10. The monoisotopic (exact) mass is 224 g/mol. The molecule has 0 nitrogen and oxygen atoms in total. The fourth-order valence-corrected chi connectivity index (χ4v) is 2.19. The van der Waals surface area contributed by atoms with E-state index in [1.165, 1.54) is 33.4 Å². The SMILES string of the molecule is Cc1ccc(C)c(Cc2cc(C)ccc2C)c1. The lowest BCUT2D eigenvalue weighted by molar-refractivity contribution is 1.11. The van der Waals surface area contributed by atoms with Gasteiger partial charge in [-0.1, -0.05) is 47.5 Å². The van der Waals surface area contributed by atoms with Gasteiger partial charge in [0.15, 0.2) is 0 Å². The minimum absolute atomic E-state index is 1.04. The van der Waals surface area contributed by atoms with E-state index >= 15 is 0 Å². The predicted octanol–water partition coefficient (Wildman–Crippen LogP) is 4.51. The van der Waals surface area contributed by atoms with Crippen LogP contribution in [0.15, 0.2) is 36.4 Å². The quantitative estimate of drug-likeness (QED) is 0.704. The van der Waals surface area contributed by atoms with Crippen LogP contribution in [0.4, 0.5) is 0 Å². The summed E-state index contributed by atoms with van der Waals surface area (Å²) >= 11 is 0. The van der Waals surface area contributed by atoms with Crippen LogP contribution in [-0.4, -0.2) is 0 Å². The van der Waals surface area contributed by atoms with E-state index in [4.69, 9.17) is 0 Å². The van der Waals surface area contributed by atoms with Gasteiger partial charge in [0, 0.05) is 0 Å². The number of aryl methyl sites for hydroxylation is 4. The van der Waals surface area contributed by atoms with Crippen molar-refractivity contribution in [2.24, 2.45) is 0 Å². The average Bonchev–Trinajstić information content (AvgIpc) is 2.28. The average molecular weight is 224 g/mol. The van der Waals surface area contributed by atoms with Crippen molar-refractivity contribution in [2.45, 2.75) is 34.1 Å². The number of rotatable bonds is 2. The van der Waals surface area contributed by atoms with E-state index in [1.54, 1.807) is 0 Å². The molecule has 0 N–H and O–H groups in total. The summed E-state index contributed by atoms with van der Waals surface area (Å²) in [6, 6.07) is 13.4. The predicted molar refractivity (Wildman–Crippen MR) is 74.6 cm³/mol. The Hall–Kier alpha value is -1.56. The Morgan fingerprint density at radius 1 is 0.647 bits per heavy atom. The van der Waals surface area contributed by atoms with Crippen molar-refractivity contribution in [3.8, 4) is 0 Å². The van der Waals surface area contributed by atoms with Crippen molar-refractivity contribution < 1.29 is 0 Å². The van der Waals surface area contributed by atoms with Gasteiger partial charge in [0.1, 0.15) is 0 Å². The maximum absolute atomic E-state index is 2.30. The van der Waals surface area contributed by atoms with Crippen molar-refractivity contribution >= 4 is 0 Å². The molecular weight excluding hydrogens is 204 g/mol. The summed E-state index contributed by atoms with van der Waals surface area (Å²) in [5, 5.41) is 0. The van der Waals surface area contributed by atoms with E-state index in [0.29, 0.717) is 0 Å². The first-order valence-corrected chi connectivity index (χ1v) is 6.18. The second-order valence-electron chi connectivity index (χ2n) is 5.04. The maximum atomic E-state index is 2.30. The summed E-state index contributed by atoms with van der Waals surface area (Å²) in [7, 11) is 0. The van der Waals surface area contributed by atoms with Gasteiger partial charge in [0.05, 0.1) is 0 Å². The Balaban J connectivity index is 2.37. The molecular formula is C17H20. The van der Waals surface area contributed by atoms with Gasteiger partial charge in [0.25, 0.3) is 0 Å². The summed E-state index contributed by atoms with van der Waals surface area (Å²) in [4.78, 5) is 0. The highest BCUT2D eigenvalue weighted by molar-refractivity contribution is 5.39. The molecule has 2 rings (SSSR count). The van der Waals surface area contributed by atoms with E-state index in [-0.39, 0.29) is 0 Å². The zero-order valence-electron chi connectivity index (χ0n) is 11.2. The van der Waals surface area contributed by atoms with Gasteiger partial charge < -0.3 is 0 Å². The number of benzene rings is 2. The first kappa shape index (κ1) is 11.9. The molecule has 0 saturated carbocycles. The number of hydrogen-bond donors (Lipinski definition) is 0. The lowest BCUT2D eigenvalue weighted by Crippen LogP contribution is -1.96. The molecule has 0 aliphatic rings. The van der Waals surface area contributed by atoms with Gasteiger partial charge in [-0.2, -0.15) is 0 Å². The molecule has 0 aliphatic heterocycles. The molecule has 0 amide bonds. The van der Waals surface area contributed by atoms with Crippen LogP contribution in [-0.2, 0) is 6.42 Å². The molecule has 0 heterocycles. The Bertz CT molecular complexity index is 486. The molecule has 0 aromatic heterocycles. The molecule has 0 unspecified atom stereocenters. The third kappa shape index (κ3) is 2.76. The molecule has 0 radical (unpaired) electrons. The van der Waals surface area contributed by atoms with Gasteiger partial charge in [-0.25, -0.2) is 0 Å². The van der Waals surface area contributed by atoms with E-state index in [9.17, 15) is 0 Å². The third-order valence-electron chi connectivity index (χ3n) is 3.39. The van der Waals surface area contributed by atoms with Crippen LogP contribution in [0, 0.1) is 27.7 Å². The third-order valence-corrected chi connectivity index (χ3v) is 3.39. The van der Waals surface area contributed by atoms with Gasteiger partial charge in [-0.15, -0.1) is 0 Å². The molecule has 0 heteroatoms. The standard InChI is InChI=1S/C17H20/c1-12-5-7-14(3)16(9-12)11-17-10-13(2)6-8-15(17)4/h5-10H,11H2,1-4H3. The van der Waals surface area contributed by atoms with Gasteiger partial charge in [0.2, 0.25) is 0 Å². The molecule has 88 valence electrons. The van der Waals surface area contributed by atoms with Crippen molar-refractivity contribution in [1.82, 2.24) is 0 Å². The maximum Gasteiger partial charge on any atom is -0.00203 e. The summed E-state index contributed by atoms with van der Waals surface area (Å²) < 4.78 is 0. The summed E-state index contributed by atoms with van der Waals surface area (Å²) in [6.07, 6.45) is 1.04. The second kappa shape index (κ2) is 4.75. The fraction of sp³-hybridized carbons (Fsp3) is 0.294. The molecule has 0 fully saturated rings. The lowest BCUT2D eigenvalue weighted by atomic mass is 9.95. The highest BCUT2D eigenvalue weighted by Crippen LogP contribution is 2.19. The van der Waals surface area contributed by atoms with E-state index in [0.717, 1.165) is 6.42 Å². The molecule has 0 spiro atoms. The Morgan fingerprint density at radius 3 is 1.47 bits per heavy atom. The van der Waals surface area contributed by atoms with Crippen molar-refractivity contribution in [2.75, 3.05) is 0 Å². The van der Waals surface area contributed by atoms with Crippen molar-refractivity contribution in [3.05, 3.63) is 69.8 Å². The highest BCUT2D eigenvalue weighted by atomic mass is 14.1. The Labute approximate surface area is 104 Å². The summed E-state index contributed by atoms with van der Waals surface area (Å²) in [6.45, 7) is 8.71. The van der Waals surface area contributed by atoms with Crippen LogP contribution < -0.4 is 0 Å². The van der Waals surface area contributed by atoms with Gasteiger partial charge >= 0.3 is 0 Å². The summed E-state index contributed by atoms with van der Waals surface area (Å²) in [5.74, 6) is 0. The summed E-state index contributed by atoms with van der Waals surface area (Å²) in [5.41, 5.74) is 8.34. The molecule has 0 saturated heterocycles. The minimum Gasteiger partial charge on any atom is -0.0590 e. The fourth-order valence-electron chi connectivity index (χ4n) is 2.19. The first-order valence-electron chi connectivity index (χ1n) is 6.18. The van der Waals surface area contributed by atoms with Crippen LogP contribution in [0.5, 0.6) is 0 Å². The molecule has 0 bridgehead atoms. The molecule has 0 atom stereocenters. The van der Waals surface area contributed by atoms with E-state index in [2.05, 4.69) is 64.1 Å². The molecule has 2 aromatic rings. The number of hydrogen-bond acceptors (Lipinski definition) is 0. The van der Waals surface area contributed by atoms with Crippen LogP contribution in [0.25, 0.3) is 0 Å². The van der Waals surface area contributed by atoms with Crippen LogP contribution in [0.1, 0.15) is 33.4 Å². The van der Waals surface area contributed by atoms with E-state index < -0.39 is 0 Å². The second-order valence-corrected chi connectivity index (χ2v) is 5.04. The molecule has 0 aliphatic carbocycles. The van der Waals surface area contributed by atoms with Gasteiger partial charge in [-0.05, 0) is 56.4 Å². The topological polar surface area (TPSA) is 0 Å². The van der Waals surface area contributed by atoms with Crippen molar-refractivity contribution in [1.29, 1.82) is 0 Å². The normalized spacial score (nSPS) is 10.6. The Morgan fingerprint density at radius 2 is 1.06 bits per heavy atom. The zero-order chi connectivity index (χ0) is 12.4. The van der Waals surface area contributed by atoms with E-state index in [1.807, 2.05) is 0 Å². The first-order chi connectivity index (χ1) is 8.06. The Kier molecular flexibility index (Phi) is 3.33. The van der Waals surface area contributed by atoms with Crippen LogP contribution >= 0.6 is 0 Å². The van der Waals surface area contributed by atoms with Crippen molar-refractivity contribution in [3.63, 3.8) is 0 Å². The zero-order valence-corrected chi connectivity index (χ0v) is 11.2. The van der Waals surface area contributed by atoms with Crippen LogP contribution in [0.3, 0.4) is 0 Å². The van der Waals surface area contributed by atoms with Crippen LogP contribution in [0.2, 0.25) is 0 Å². The smallest absolute Gasteiger partial charge is 0.00203 e. The molecule has 2 aromatic carbocycles. The van der Waals surface area contributed by atoms with Gasteiger partial charge in [-0.3, -0.25) is 0 Å². The largest absolute Gasteiger partial charge is 0.0590 e. The highest BCUT2D eigenvalue weighted by Gasteiger charge is 2.03. The minimum atomic E-state index is 1.04.